The first-order valence-electron chi connectivity index (χ1n) is 9.45. The Morgan fingerprint density at radius 3 is 2.66 bits per heavy atom. The average Bonchev–Trinajstić information content (AvgIpc) is 3.37. The van der Waals surface area contributed by atoms with Crippen molar-refractivity contribution < 1.29 is 9.59 Å². The zero-order valence-corrected chi connectivity index (χ0v) is 17.1. The molecule has 0 unspecified atom stereocenters. The summed E-state index contributed by atoms with van der Waals surface area (Å²) in [6, 6.07) is 13.3. The predicted octanol–water partition coefficient (Wildman–Crippen LogP) is 3.38. The minimum absolute atomic E-state index is 0.00943. The average molecular weight is 407 g/mol. The number of rotatable bonds is 6. The summed E-state index contributed by atoms with van der Waals surface area (Å²) in [6.45, 7) is 4.76. The Morgan fingerprint density at radius 1 is 1.14 bits per heavy atom. The molecule has 2 aromatic carbocycles. The third-order valence-corrected chi connectivity index (χ3v) is 5.86. The summed E-state index contributed by atoms with van der Waals surface area (Å²) in [4.78, 5) is 26.2. The van der Waals surface area contributed by atoms with E-state index in [9.17, 15) is 9.59 Å². The number of thioether (sulfide) groups is 1. The van der Waals surface area contributed by atoms with Gasteiger partial charge < -0.3 is 4.90 Å². The first kappa shape index (κ1) is 19.3. The quantitative estimate of drug-likeness (QED) is 0.460. The molecule has 1 amide bonds. The summed E-state index contributed by atoms with van der Waals surface area (Å²) in [6.07, 6.45) is 1.47. The second-order valence-corrected chi connectivity index (χ2v) is 8.01. The predicted molar refractivity (Wildman–Crippen MR) is 112 cm³/mol. The third kappa shape index (κ3) is 4.07. The summed E-state index contributed by atoms with van der Waals surface area (Å²) >= 11 is 1.31. The van der Waals surface area contributed by atoms with Gasteiger partial charge in [0.1, 0.15) is 0 Å². The van der Waals surface area contributed by atoms with Crippen LogP contribution in [0.25, 0.3) is 5.69 Å². The van der Waals surface area contributed by atoms with Gasteiger partial charge in [-0.15, -0.1) is 5.10 Å². The smallest absolute Gasteiger partial charge is 0.227 e. The molecule has 0 saturated carbocycles. The van der Waals surface area contributed by atoms with Gasteiger partial charge in [-0.1, -0.05) is 23.9 Å². The number of aromatic nitrogens is 4. The van der Waals surface area contributed by atoms with Crippen molar-refractivity contribution in [1.29, 1.82) is 0 Å². The van der Waals surface area contributed by atoms with Gasteiger partial charge >= 0.3 is 0 Å². The second kappa shape index (κ2) is 8.16. The van der Waals surface area contributed by atoms with Gasteiger partial charge in [-0.25, -0.2) is 0 Å². The Labute approximate surface area is 173 Å². The minimum atomic E-state index is -0.00943. The maximum Gasteiger partial charge on any atom is 0.227 e. The van der Waals surface area contributed by atoms with Crippen LogP contribution >= 0.6 is 11.8 Å². The van der Waals surface area contributed by atoms with Crippen molar-refractivity contribution in [3.05, 3.63) is 59.2 Å². The normalized spacial score (nSPS) is 13.9. The molecular weight excluding hydrogens is 386 g/mol. The van der Waals surface area contributed by atoms with Crippen molar-refractivity contribution >= 4 is 29.1 Å². The van der Waals surface area contributed by atoms with E-state index in [-0.39, 0.29) is 17.4 Å². The Bertz CT molecular complexity index is 1060. The molecule has 8 heteroatoms. The molecular formula is C21H21N5O2S. The molecule has 2 heterocycles. The maximum absolute atomic E-state index is 12.6. The number of carbonyl (C=O) groups excluding carboxylic acids is 2. The van der Waals surface area contributed by atoms with Gasteiger partial charge in [-0.2, -0.15) is 4.68 Å². The van der Waals surface area contributed by atoms with Crippen LogP contribution in [0.15, 0.2) is 47.6 Å². The third-order valence-electron chi connectivity index (χ3n) is 4.94. The van der Waals surface area contributed by atoms with Crippen LogP contribution in [-0.4, -0.2) is 44.2 Å². The molecule has 0 atom stereocenters. The Hall–Kier alpha value is -3.00. The number of aryl methyl sites for hydroxylation is 2. The fraction of sp³-hybridized carbons (Fsp3) is 0.286. The number of tetrazole rings is 1. The van der Waals surface area contributed by atoms with E-state index in [0.29, 0.717) is 17.1 Å². The lowest BCUT2D eigenvalue weighted by Crippen LogP contribution is -2.23. The van der Waals surface area contributed by atoms with Crippen LogP contribution in [0.3, 0.4) is 0 Å². The monoisotopic (exact) mass is 407 g/mol. The number of hydrogen-bond donors (Lipinski definition) is 0. The van der Waals surface area contributed by atoms with E-state index in [1.54, 1.807) is 21.7 Å². The first-order chi connectivity index (χ1) is 14.0. The molecule has 29 heavy (non-hydrogen) atoms. The van der Waals surface area contributed by atoms with Gasteiger partial charge in [0.15, 0.2) is 5.78 Å². The van der Waals surface area contributed by atoms with Gasteiger partial charge in [0.2, 0.25) is 11.1 Å². The van der Waals surface area contributed by atoms with Crippen molar-refractivity contribution in [2.45, 2.75) is 31.8 Å². The SMILES string of the molecule is Cc1ccc(C)c(-n2nnnc2SCC(=O)c2ccc(N3CCCC3=O)cc2)c1. The molecule has 1 saturated heterocycles. The molecule has 1 aliphatic rings. The minimum Gasteiger partial charge on any atom is -0.312 e. The van der Waals surface area contributed by atoms with E-state index in [4.69, 9.17) is 0 Å². The van der Waals surface area contributed by atoms with Crippen LogP contribution in [0.4, 0.5) is 5.69 Å². The number of hydrogen-bond acceptors (Lipinski definition) is 6. The standard InChI is InChI=1S/C21H21N5O2S/c1-14-5-6-15(2)18(12-14)26-21(22-23-24-26)29-13-19(27)16-7-9-17(10-8-16)25-11-3-4-20(25)28/h5-10,12H,3-4,11,13H2,1-2H3. The Morgan fingerprint density at radius 2 is 1.93 bits per heavy atom. The molecule has 0 radical (unpaired) electrons. The topological polar surface area (TPSA) is 81.0 Å². The molecule has 0 aliphatic carbocycles. The number of anilines is 1. The van der Waals surface area contributed by atoms with E-state index in [2.05, 4.69) is 15.5 Å². The highest BCUT2D eigenvalue weighted by Crippen LogP contribution is 2.24. The highest BCUT2D eigenvalue weighted by Gasteiger charge is 2.22. The number of benzene rings is 2. The second-order valence-electron chi connectivity index (χ2n) is 7.07. The number of Topliss-reactive ketones (excluding diaryl/α,β-unsaturated/α-hetero) is 1. The molecule has 1 aromatic heterocycles. The molecule has 7 nitrogen and oxygen atoms in total. The summed E-state index contributed by atoms with van der Waals surface area (Å²) in [5.41, 5.74) is 4.53. The number of amides is 1. The van der Waals surface area contributed by atoms with Gasteiger partial charge in [-0.05, 0) is 72.2 Å². The van der Waals surface area contributed by atoms with Crippen molar-refractivity contribution in [2.24, 2.45) is 0 Å². The molecule has 1 fully saturated rings. The van der Waals surface area contributed by atoms with Crippen molar-refractivity contribution in [1.82, 2.24) is 20.2 Å². The van der Waals surface area contributed by atoms with Gasteiger partial charge in [0.25, 0.3) is 0 Å². The van der Waals surface area contributed by atoms with Crippen molar-refractivity contribution in [2.75, 3.05) is 17.2 Å². The Kier molecular flexibility index (Phi) is 5.44. The molecule has 4 rings (SSSR count). The lowest BCUT2D eigenvalue weighted by molar-refractivity contribution is -0.117. The zero-order chi connectivity index (χ0) is 20.4. The fourth-order valence-corrected chi connectivity index (χ4v) is 4.11. The van der Waals surface area contributed by atoms with Gasteiger partial charge in [0.05, 0.1) is 11.4 Å². The van der Waals surface area contributed by atoms with Crippen LogP contribution in [0.5, 0.6) is 0 Å². The first-order valence-corrected chi connectivity index (χ1v) is 10.4. The van der Waals surface area contributed by atoms with E-state index in [1.807, 2.05) is 44.2 Å². The number of nitrogens with zero attached hydrogens (tertiary/aromatic N) is 5. The van der Waals surface area contributed by atoms with E-state index >= 15 is 0 Å². The molecule has 0 spiro atoms. The lowest BCUT2D eigenvalue weighted by Gasteiger charge is -2.15. The van der Waals surface area contributed by atoms with Crippen LogP contribution in [0.1, 0.15) is 34.3 Å². The highest BCUT2D eigenvalue weighted by molar-refractivity contribution is 7.99. The van der Waals surface area contributed by atoms with Crippen LogP contribution < -0.4 is 4.90 Å². The maximum atomic E-state index is 12.6. The lowest BCUT2D eigenvalue weighted by atomic mass is 10.1. The zero-order valence-electron chi connectivity index (χ0n) is 16.3. The van der Waals surface area contributed by atoms with Crippen LogP contribution in [0, 0.1) is 13.8 Å². The highest BCUT2D eigenvalue weighted by atomic mass is 32.2. The Balaban J connectivity index is 1.45. The largest absolute Gasteiger partial charge is 0.312 e. The molecule has 1 aliphatic heterocycles. The van der Waals surface area contributed by atoms with E-state index < -0.39 is 0 Å². The summed E-state index contributed by atoms with van der Waals surface area (Å²) in [5.74, 6) is 0.357. The summed E-state index contributed by atoms with van der Waals surface area (Å²) in [5, 5.41) is 12.5. The van der Waals surface area contributed by atoms with E-state index in [1.165, 1.54) is 11.8 Å². The van der Waals surface area contributed by atoms with Crippen molar-refractivity contribution in [3.63, 3.8) is 0 Å². The summed E-state index contributed by atoms with van der Waals surface area (Å²) in [7, 11) is 0. The molecule has 3 aromatic rings. The summed E-state index contributed by atoms with van der Waals surface area (Å²) < 4.78 is 1.67. The van der Waals surface area contributed by atoms with E-state index in [0.717, 1.165) is 35.5 Å². The number of ketones is 1. The van der Waals surface area contributed by atoms with Gasteiger partial charge in [-0.3, -0.25) is 9.59 Å². The van der Waals surface area contributed by atoms with Gasteiger partial charge in [0, 0.05) is 24.2 Å². The molecule has 0 bridgehead atoms. The van der Waals surface area contributed by atoms with Crippen LogP contribution in [-0.2, 0) is 4.79 Å². The fourth-order valence-electron chi connectivity index (χ4n) is 3.33. The molecule has 0 N–H and O–H groups in total. The van der Waals surface area contributed by atoms with Crippen molar-refractivity contribution in [3.8, 4) is 5.69 Å². The molecule has 148 valence electrons. The number of carbonyl (C=O) groups is 2. The van der Waals surface area contributed by atoms with Crippen LogP contribution in [0.2, 0.25) is 0 Å².